The predicted octanol–water partition coefficient (Wildman–Crippen LogP) is 4.09. The van der Waals surface area contributed by atoms with Gasteiger partial charge in [0.2, 0.25) is 0 Å². The summed E-state index contributed by atoms with van der Waals surface area (Å²) < 4.78 is 5.30. The molecule has 1 amide bonds. The van der Waals surface area contributed by atoms with Crippen molar-refractivity contribution in [2.75, 3.05) is 31.0 Å². The number of anilines is 2. The van der Waals surface area contributed by atoms with Crippen LogP contribution in [0.5, 0.6) is 5.75 Å². The molecule has 0 bridgehead atoms. The largest absolute Gasteiger partial charge is 0.507 e. The van der Waals surface area contributed by atoms with Crippen LogP contribution < -0.4 is 14.5 Å². The van der Waals surface area contributed by atoms with Gasteiger partial charge in [0.05, 0.1) is 18.7 Å². The maximum absolute atomic E-state index is 13.2. The number of aromatic nitrogens is 1. The third-order valence-corrected chi connectivity index (χ3v) is 5.76. The van der Waals surface area contributed by atoms with Gasteiger partial charge in [-0.05, 0) is 66.6 Å². The summed E-state index contributed by atoms with van der Waals surface area (Å²) in [5.74, 6) is -1.02. The zero-order chi connectivity index (χ0) is 23.7. The van der Waals surface area contributed by atoms with Crippen molar-refractivity contribution < 1.29 is 19.4 Å². The highest BCUT2D eigenvalue weighted by atomic mass is 16.5. The highest BCUT2D eigenvalue weighted by Gasteiger charge is 2.47. The molecule has 0 saturated carbocycles. The number of Topliss-reactive ketones (excluding diaryl/α,β-unsaturated/α-hetero) is 1. The number of rotatable bonds is 5. The fourth-order valence-corrected chi connectivity index (χ4v) is 4.04. The fraction of sp³-hybridized carbons (Fsp3) is 0.192. The number of aliphatic hydroxyl groups excluding tert-OH is 1. The predicted molar refractivity (Wildman–Crippen MR) is 128 cm³/mol. The van der Waals surface area contributed by atoms with Crippen molar-refractivity contribution in [1.29, 1.82) is 0 Å². The van der Waals surface area contributed by atoms with Crippen LogP contribution in [0.25, 0.3) is 5.76 Å². The van der Waals surface area contributed by atoms with E-state index in [9.17, 15) is 14.7 Å². The second kappa shape index (κ2) is 8.78. The molecule has 1 saturated heterocycles. The van der Waals surface area contributed by atoms with E-state index in [1.54, 1.807) is 62.0 Å². The Bertz CT molecular complexity index is 1230. The highest BCUT2D eigenvalue weighted by molar-refractivity contribution is 6.51. The third-order valence-electron chi connectivity index (χ3n) is 5.76. The van der Waals surface area contributed by atoms with Crippen LogP contribution in [0.3, 0.4) is 0 Å². The molecule has 0 aliphatic carbocycles. The zero-order valence-corrected chi connectivity index (χ0v) is 18.9. The second-order valence-electron chi connectivity index (χ2n) is 8.05. The lowest BCUT2D eigenvalue weighted by Crippen LogP contribution is -2.29. The molecule has 1 aromatic heterocycles. The van der Waals surface area contributed by atoms with E-state index >= 15 is 0 Å². The first-order valence-electron chi connectivity index (χ1n) is 10.5. The van der Waals surface area contributed by atoms with E-state index in [2.05, 4.69) is 4.98 Å². The van der Waals surface area contributed by atoms with Gasteiger partial charge >= 0.3 is 0 Å². The lowest BCUT2D eigenvalue weighted by Gasteiger charge is -2.25. The standard InChI is InChI=1S/C26H25N3O4/c1-16-14-17(7-12-21(16)33-4)24(30)22-23(18-6-5-13-27-15-18)29(26(32)25(22)31)20-10-8-19(9-11-20)28(2)3/h5-15,23,30H,1-4H3/b24-22-. The maximum atomic E-state index is 13.2. The average Bonchev–Trinajstić information content (AvgIpc) is 3.09. The Morgan fingerprint density at radius 3 is 2.39 bits per heavy atom. The first-order valence-corrected chi connectivity index (χ1v) is 10.5. The molecule has 7 heteroatoms. The monoisotopic (exact) mass is 443 g/mol. The number of carbonyl (C=O) groups excluding carboxylic acids is 2. The van der Waals surface area contributed by atoms with Gasteiger partial charge in [-0.1, -0.05) is 6.07 Å². The van der Waals surface area contributed by atoms with E-state index in [1.807, 2.05) is 38.1 Å². The molecule has 1 aliphatic heterocycles. The molecule has 1 N–H and O–H groups in total. The number of nitrogens with zero attached hydrogens (tertiary/aromatic N) is 3. The van der Waals surface area contributed by atoms with Crippen LogP contribution >= 0.6 is 0 Å². The Kier molecular flexibility index (Phi) is 5.87. The Balaban J connectivity index is 1.89. The van der Waals surface area contributed by atoms with Gasteiger partial charge in [-0.2, -0.15) is 0 Å². The molecule has 1 fully saturated rings. The molecular weight excluding hydrogens is 418 g/mol. The van der Waals surface area contributed by atoms with E-state index in [4.69, 9.17) is 4.74 Å². The Labute approximate surface area is 192 Å². The van der Waals surface area contributed by atoms with Crippen molar-refractivity contribution in [3.63, 3.8) is 0 Å². The number of aryl methyl sites for hydroxylation is 1. The summed E-state index contributed by atoms with van der Waals surface area (Å²) in [6.45, 7) is 1.85. The van der Waals surface area contributed by atoms with Crippen LogP contribution in [0.15, 0.2) is 72.6 Å². The first-order chi connectivity index (χ1) is 15.8. The SMILES string of the molecule is COc1ccc(/C(O)=C2/C(=O)C(=O)N(c3ccc(N(C)C)cc3)C2c2cccnc2)cc1C. The highest BCUT2D eigenvalue weighted by Crippen LogP contribution is 2.42. The molecule has 3 aromatic rings. The van der Waals surface area contributed by atoms with Crippen molar-refractivity contribution >= 4 is 28.8 Å². The average molecular weight is 444 g/mol. The summed E-state index contributed by atoms with van der Waals surface area (Å²) in [5.41, 5.74) is 3.40. The lowest BCUT2D eigenvalue weighted by atomic mass is 9.95. The van der Waals surface area contributed by atoms with Gasteiger partial charge in [0, 0.05) is 43.4 Å². The molecule has 0 spiro atoms. The number of hydrogen-bond acceptors (Lipinski definition) is 6. The summed E-state index contributed by atoms with van der Waals surface area (Å²) >= 11 is 0. The molecule has 1 unspecified atom stereocenters. The molecule has 7 nitrogen and oxygen atoms in total. The zero-order valence-electron chi connectivity index (χ0n) is 18.9. The summed E-state index contributed by atoms with van der Waals surface area (Å²) in [4.78, 5) is 33.9. The first kappa shape index (κ1) is 22.1. The van der Waals surface area contributed by atoms with Crippen molar-refractivity contribution in [2.45, 2.75) is 13.0 Å². The Morgan fingerprint density at radius 2 is 1.82 bits per heavy atom. The fourth-order valence-electron chi connectivity index (χ4n) is 4.04. The minimum atomic E-state index is -0.814. The molecule has 33 heavy (non-hydrogen) atoms. The van der Waals surface area contributed by atoms with Gasteiger partial charge in [0.1, 0.15) is 11.5 Å². The summed E-state index contributed by atoms with van der Waals surface area (Å²) in [6, 6.07) is 15.2. The molecule has 2 aromatic carbocycles. The number of methoxy groups -OCH3 is 1. The van der Waals surface area contributed by atoms with Gasteiger partial charge < -0.3 is 14.7 Å². The van der Waals surface area contributed by atoms with E-state index in [1.165, 1.54) is 4.90 Å². The van der Waals surface area contributed by atoms with Crippen LogP contribution in [0.2, 0.25) is 0 Å². The molecule has 1 aliphatic rings. The van der Waals surface area contributed by atoms with Crippen LogP contribution in [0.1, 0.15) is 22.7 Å². The summed E-state index contributed by atoms with van der Waals surface area (Å²) in [5, 5.41) is 11.2. The van der Waals surface area contributed by atoms with Gasteiger partial charge in [-0.25, -0.2) is 0 Å². The molecule has 168 valence electrons. The van der Waals surface area contributed by atoms with Crippen LogP contribution in [0, 0.1) is 6.92 Å². The van der Waals surface area contributed by atoms with Crippen LogP contribution in [0.4, 0.5) is 11.4 Å². The van der Waals surface area contributed by atoms with Crippen LogP contribution in [-0.4, -0.2) is 43.0 Å². The number of ketones is 1. The van der Waals surface area contributed by atoms with E-state index < -0.39 is 17.7 Å². The summed E-state index contributed by atoms with van der Waals surface area (Å²) in [7, 11) is 5.42. The van der Waals surface area contributed by atoms with Crippen molar-refractivity contribution in [2.24, 2.45) is 0 Å². The second-order valence-corrected chi connectivity index (χ2v) is 8.05. The summed E-state index contributed by atoms with van der Waals surface area (Å²) in [6.07, 6.45) is 3.22. The third kappa shape index (κ3) is 3.93. The lowest BCUT2D eigenvalue weighted by molar-refractivity contribution is -0.132. The van der Waals surface area contributed by atoms with E-state index in [-0.39, 0.29) is 11.3 Å². The molecular formula is C26H25N3O4. The van der Waals surface area contributed by atoms with Gasteiger partial charge in [-0.3, -0.25) is 19.5 Å². The van der Waals surface area contributed by atoms with Gasteiger partial charge in [0.25, 0.3) is 11.7 Å². The number of benzene rings is 2. The van der Waals surface area contributed by atoms with Crippen molar-refractivity contribution in [1.82, 2.24) is 4.98 Å². The maximum Gasteiger partial charge on any atom is 0.300 e. The Hall–Kier alpha value is -4.13. The minimum absolute atomic E-state index is 0.0225. The quantitative estimate of drug-likeness (QED) is 0.363. The number of hydrogen-bond donors (Lipinski definition) is 1. The van der Waals surface area contributed by atoms with E-state index in [0.717, 1.165) is 11.3 Å². The molecule has 4 rings (SSSR count). The molecule has 0 radical (unpaired) electrons. The van der Waals surface area contributed by atoms with Crippen molar-refractivity contribution in [3.8, 4) is 5.75 Å². The number of amides is 1. The van der Waals surface area contributed by atoms with E-state index in [0.29, 0.717) is 22.6 Å². The number of ether oxygens (including phenoxy) is 1. The topological polar surface area (TPSA) is 83.0 Å². The molecule has 2 heterocycles. The number of pyridine rings is 1. The minimum Gasteiger partial charge on any atom is -0.507 e. The normalized spacial score (nSPS) is 17.3. The molecule has 1 atom stereocenters. The van der Waals surface area contributed by atoms with Gasteiger partial charge in [-0.15, -0.1) is 0 Å². The van der Waals surface area contributed by atoms with Crippen molar-refractivity contribution in [3.05, 3.63) is 89.3 Å². The smallest absolute Gasteiger partial charge is 0.300 e. The number of carbonyl (C=O) groups is 2. The Morgan fingerprint density at radius 1 is 1.09 bits per heavy atom. The van der Waals surface area contributed by atoms with Gasteiger partial charge in [0.15, 0.2) is 0 Å². The number of aliphatic hydroxyl groups is 1. The van der Waals surface area contributed by atoms with Crippen LogP contribution in [-0.2, 0) is 9.59 Å².